The van der Waals surface area contributed by atoms with Crippen molar-refractivity contribution in [3.05, 3.63) is 0 Å². The molecule has 50 valence electrons. The lowest BCUT2D eigenvalue weighted by Crippen LogP contribution is -2.38. The van der Waals surface area contributed by atoms with Gasteiger partial charge in [0.25, 0.3) is 0 Å². The van der Waals surface area contributed by atoms with E-state index in [0.717, 1.165) is 19.3 Å². The molecule has 1 fully saturated rings. The molecule has 0 N–H and O–H groups in total. The Bertz CT molecular complexity index is 166. The molecule has 0 amide bonds. The minimum Gasteiger partial charge on any atom is -0.186 e. The van der Waals surface area contributed by atoms with Gasteiger partial charge in [0.15, 0.2) is 0 Å². The lowest BCUT2D eigenvalue weighted by atomic mass is 9.68. The summed E-state index contributed by atoms with van der Waals surface area (Å²) in [7, 11) is 0. The monoisotopic (exact) mass is 128 g/mol. The van der Waals surface area contributed by atoms with E-state index in [1.165, 1.54) is 0 Å². The maximum absolute atomic E-state index is 13.0. The predicted molar refractivity (Wildman–Crippen MR) is 30.7 cm³/mol. The zero-order valence-electron chi connectivity index (χ0n) is 5.39. The van der Waals surface area contributed by atoms with Gasteiger partial charge in [-0.3, -0.25) is 0 Å². The third kappa shape index (κ3) is 0.497. The zero-order chi connectivity index (χ0) is 6.54. The minimum absolute atomic E-state index is 0.229. The molecule has 0 aromatic heterocycles. The Kier molecular flexibility index (Phi) is 0.695. The van der Waals surface area contributed by atoms with Crippen LogP contribution < -0.4 is 0 Å². The fourth-order valence-corrected chi connectivity index (χ4v) is 1.31. The molecule has 0 aromatic rings. The van der Waals surface area contributed by atoms with Gasteiger partial charge >= 0.3 is 5.92 Å². The van der Waals surface area contributed by atoms with Crippen molar-refractivity contribution in [3.63, 3.8) is 0 Å². The van der Waals surface area contributed by atoms with Crippen LogP contribution in [0.3, 0.4) is 0 Å². The van der Waals surface area contributed by atoms with E-state index in [2.05, 4.69) is 10.2 Å². The summed E-state index contributed by atoms with van der Waals surface area (Å²) in [5, 5.41) is 6.77. The Morgan fingerprint density at radius 3 is 2.00 bits per heavy atom. The molecule has 0 spiro atoms. The summed E-state index contributed by atoms with van der Waals surface area (Å²) in [4.78, 5) is 0. The van der Waals surface area contributed by atoms with Gasteiger partial charge in [-0.25, -0.2) is 0 Å². The van der Waals surface area contributed by atoms with Gasteiger partial charge in [-0.15, -0.1) is 10.2 Å². The third-order valence-corrected chi connectivity index (χ3v) is 2.50. The summed E-state index contributed by atoms with van der Waals surface area (Å²) in [5.41, 5.74) is -0.229. The second kappa shape index (κ2) is 1.18. The van der Waals surface area contributed by atoms with E-state index in [1.807, 2.05) is 6.92 Å². The summed E-state index contributed by atoms with van der Waals surface area (Å²) in [6, 6.07) is 0. The highest BCUT2D eigenvalue weighted by atomic mass is 19.2. The molecule has 0 saturated heterocycles. The van der Waals surface area contributed by atoms with Crippen molar-refractivity contribution in [3.8, 4) is 0 Å². The van der Waals surface area contributed by atoms with Crippen molar-refractivity contribution < 1.29 is 4.39 Å². The summed E-state index contributed by atoms with van der Waals surface area (Å²) >= 11 is 0. The Balaban J connectivity index is 2.12. The van der Waals surface area contributed by atoms with Crippen molar-refractivity contribution >= 4 is 0 Å². The van der Waals surface area contributed by atoms with Crippen LogP contribution in [0.4, 0.5) is 4.39 Å². The lowest BCUT2D eigenvalue weighted by molar-refractivity contribution is 0.00694. The normalized spacial score (nSPS) is 33.6. The molecule has 0 unspecified atom stereocenters. The van der Waals surface area contributed by atoms with Crippen LogP contribution in [0.1, 0.15) is 26.2 Å². The van der Waals surface area contributed by atoms with Gasteiger partial charge in [0.1, 0.15) is 0 Å². The van der Waals surface area contributed by atoms with Crippen LogP contribution >= 0.6 is 0 Å². The third-order valence-electron chi connectivity index (χ3n) is 2.50. The number of halogens is 1. The van der Waals surface area contributed by atoms with Crippen LogP contribution in [0.25, 0.3) is 0 Å². The lowest BCUT2D eigenvalue weighted by Gasteiger charge is -2.37. The van der Waals surface area contributed by atoms with E-state index >= 15 is 0 Å². The second-order valence-electron chi connectivity index (χ2n) is 3.20. The molecule has 0 aromatic carbocycles. The molecule has 1 aliphatic heterocycles. The molecule has 0 bridgehead atoms. The molecule has 1 saturated carbocycles. The van der Waals surface area contributed by atoms with Crippen LogP contribution in [0.2, 0.25) is 0 Å². The van der Waals surface area contributed by atoms with Crippen molar-refractivity contribution in [1.82, 2.24) is 0 Å². The summed E-state index contributed by atoms with van der Waals surface area (Å²) in [5.74, 6) is -1.47. The molecule has 0 atom stereocenters. The van der Waals surface area contributed by atoms with E-state index < -0.39 is 5.92 Å². The topological polar surface area (TPSA) is 24.7 Å². The Hall–Kier alpha value is -0.470. The van der Waals surface area contributed by atoms with E-state index in [0.29, 0.717) is 0 Å². The molecule has 2 nitrogen and oxygen atoms in total. The first-order chi connectivity index (χ1) is 4.16. The van der Waals surface area contributed by atoms with Crippen LogP contribution in [-0.2, 0) is 0 Å². The molecule has 2 rings (SSSR count). The van der Waals surface area contributed by atoms with Gasteiger partial charge in [0.05, 0.1) is 0 Å². The van der Waals surface area contributed by atoms with Crippen LogP contribution in [-0.4, -0.2) is 5.92 Å². The fourth-order valence-electron chi connectivity index (χ4n) is 1.31. The second-order valence-corrected chi connectivity index (χ2v) is 3.20. The average Bonchev–Trinajstić information content (AvgIpc) is 2.43. The van der Waals surface area contributed by atoms with Gasteiger partial charge < -0.3 is 0 Å². The molecule has 9 heavy (non-hydrogen) atoms. The highest BCUT2D eigenvalue weighted by molar-refractivity contribution is 5.02. The van der Waals surface area contributed by atoms with Gasteiger partial charge in [0.2, 0.25) is 0 Å². The van der Waals surface area contributed by atoms with Crippen molar-refractivity contribution in [2.45, 2.75) is 32.1 Å². The van der Waals surface area contributed by atoms with Crippen molar-refractivity contribution in [1.29, 1.82) is 0 Å². The first kappa shape index (κ1) is 5.33. The average molecular weight is 128 g/mol. The molecule has 1 heterocycles. The van der Waals surface area contributed by atoms with Crippen molar-refractivity contribution in [2.24, 2.45) is 15.6 Å². The maximum Gasteiger partial charge on any atom is 0.333 e. The van der Waals surface area contributed by atoms with E-state index in [9.17, 15) is 4.39 Å². The standard InChI is InChI=1S/C6H9FN2/c1-5(3-2-4-5)6(7)8-9-6/h2-4H2,1H3. The number of alkyl halides is 1. The Morgan fingerprint density at radius 1 is 1.33 bits per heavy atom. The van der Waals surface area contributed by atoms with Crippen LogP contribution in [0, 0.1) is 5.41 Å². The highest BCUT2D eigenvalue weighted by Crippen LogP contribution is 2.57. The maximum atomic E-state index is 13.0. The number of hydrogen-bond donors (Lipinski definition) is 0. The number of hydrogen-bond acceptors (Lipinski definition) is 2. The molecular formula is C6H9FN2. The van der Waals surface area contributed by atoms with Gasteiger partial charge in [-0.1, -0.05) is 13.3 Å². The largest absolute Gasteiger partial charge is 0.333 e. The molecule has 2 aliphatic rings. The quantitative estimate of drug-likeness (QED) is 0.484. The van der Waals surface area contributed by atoms with Gasteiger partial charge in [-0.2, -0.15) is 4.39 Å². The van der Waals surface area contributed by atoms with Crippen LogP contribution in [0.5, 0.6) is 0 Å². The fraction of sp³-hybridized carbons (Fsp3) is 1.00. The minimum atomic E-state index is -1.47. The van der Waals surface area contributed by atoms with Gasteiger partial charge in [-0.05, 0) is 12.8 Å². The highest BCUT2D eigenvalue weighted by Gasteiger charge is 2.60. The van der Waals surface area contributed by atoms with Crippen molar-refractivity contribution in [2.75, 3.05) is 0 Å². The smallest absolute Gasteiger partial charge is 0.186 e. The molecule has 3 heteroatoms. The first-order valence-electron chi connectivity index (χ1n) is 3.29. The Morgan fingerprint density at radius 2 is 1.89 bits per heavy atom. The van der Waals surface area contributed by atoms with Crippen LogP contribution in [0.15, 0.2) is 10.2 Å². The number of nitrogens with zero attached hydrogens (tertiary/aromatic N) is 2. The molecule has 0 radical (unpaired) electrons. The number of rotatable bonds is 1. The summed E-state index contributed by atoms with van der Waals surface area (Å²) in [6.07, 6.45) is 3.01. The van der Waals surface area contributed by atoms with Gasteiger partial charge in [0, 0.05) is 5.41 Å². The summed E-state index contributed by atoms with van der Waals surface area (Å²) in [6.45, 7) is 1.91. The SMILES string of the molecule is CC1(C2(F)N=N2)CCC1. The Labute approximate surface area is 53.2 Å². The molecular weight excluding hydrogens is 119 g/mol. The summed E-state index contributed by atoms with van der Waals surface area (Å²) < 4.78 is 13.0. The van der Waals surface area contributed by atoms with E-state index in [-0.39, 0.29) is 5.41 Å². The van der Waals surface area contributed by atoms with E-state index in [1.54, 1.807) is 0 Å². The predicted octanol–water partition coefficient (Wildman–Crippen LogP) is 2.27. The zero-order valence-corrected chi connectivity index (χ0v) is 5.39. The van der Waals surface area contributed by atoms with E-state index in [4.69, 9.17) is 0 Å². The first-order valence-corrected chi connectivity index (χ1v) is 3.29. The molecule has 1 aliphatic carbocycles.